The largest absolute Gasteiger partial charge is 0.480 e. The molecule has 0 aliphatic rings. The minimum absolute atomic E-state index is 0.0114. The summed E-state index contributed by atoms with van der Waals surface area (Å²) in [5.74, 6) is -0.809. The first-order chi connectivity index (χ1) is 7.52. The Morgan fingerprint density at radius 3 is 2.56 bits per heavy atom. The number of hydrogen-bond donors (Lipinski definition) is 1. The minimum atomic E-state index is -0.809. The number of rotatable bonds is 5. The van der Waals surface area contributed by atoms with Crippen LogP contribution in [0.3, 0.4) is 0 Å². The molecule has 0 amide bonds. The van der Waals surface area contributed by atoms with Gasteiger partial charge in [-0.2, -0.15) is 0 Å². The van der Waals surface area contributed by atoms with Gasteiger partial charge >= 0.3 is 5.97 Å². The second kappa shape index (κ2) is 5.61. The topological polar surface area (TPSA) is 53.4 Å². The van der Waals surface area contributed by atoms with E-state index in [9.17, 15) is 4.79 Å². The van der Waals surface area contributed by atoms with Gasteiger partial charge in [-0.25, -0.2) is 0 Å². The van der Waals surface area contributed by atoms with E-state index in [1.54, 1.807) is 6.20 Å². The van der Waals surface area contributed by atoms with Gasteiger partial charge in [0, 0.05) is 12.2 Å². The van der Waals surface area contributed by atoms with Crippen LogP contribution < -0.4 is 0 Å². The van der Waals surface area contributed by atoms with Crippen molar-refractivity contribution in [1.82, 2.24) is 9.88 Å². The molecule has 1 rings (SSSR count). The van der Waals surface area contributed by atoms with Crippen molar-refractivity contribution in [1.29, 1.82) is 0 Å². The number of carboxylic acid groups (broad SMARTS) is 1. The molecule has 1 atom stereocenters. The molecule has 0 spiro atoms. The van der Waals surface area contributed by atoms with Gasteiger partial charge in [-0.05, 0) is 32.9 Å². The average molecular weight is 222 g/mol. The molecule has 0 aliphatic heterocycles. The van der Waals surface area contributed by atoms with Crippen LogP contribution in [0.5, 0.6) is 0 Å². The Morgan fingerprint density at radius 1 is 1.44 bits per heavy atom. The number of hydrogen-bond acceptors (Lipinski definition) is 3. The van der Waals surface area contributed by atoms with E-state index in [-0.39, 0.29) is 18.6 Å². The molecule has 1 heterocycles. The molecule has 4 heteroatoms. The Labute approximate surface area is 95.9 Å². The van der Waals surface area contributed by atoms with Crippen molar-refractivity contribution in [2.24, 2.45) is 0 Å². The van der Waals surface area contributed by atoms with Gasteiger partial charge in [-0.1, -0.05) is 6.07 Å². The van der Waals surface area contributed by atoms with Crippen molar-refractivity contribution in [2.75, 3.05) is 6.54 Å². The molecule has 0 fully saturated rings. The van der Waals surface area contributed by atoms with E-state index in [4.69, 9.17) is 5.11 Å². The van der Waals surface area contributed by atoms with Crippen molar-refractivity contribution >= 4 is 5.97 Å². The monoisotopic (exact) mass is 222 g/mol. The third-order valence-electron chi connectivity index (χ3n) is 2.59. The molecular formula is C12H18N2O2. The molecule has 0 aromatic carbocycles. The zero-order valence-corrected chi connectivity index (χ0v) is 9.92. The second-order valence-corrected chi connectivity index (χ2v) is 4.09. The highest BCUT2D eigenvalue weighted by Gasteiger charge is 2.21. The summed E-state index contributed by atoms with van der Waals surface area (Å²) in [5, 5.41) is 8.87. The summed E-state index contributed by atoms with van der Waals surface area (Å²) in [4.78, 5) is 16.9. The van der Waals surface area contributed by atoms with Crippen LogP contribution >= 0.6 is 0 Å². The Morgan fingerprint density at radius 2 is 2.12 bits per heavy atom. The quantitative estimate of drug-likeness (QED) is 0.827. The SMILES string of the molecule is CC(C)N(CC(=O)O)C(C)c1ccccn1. The van der Waals surface area contributed by atoms with E-state index in [1.807, 2.05) is 43.9 Å². The first-order valence-corrected chi connectivity index (χ1v) is 5.41. The molecule has 4 nitrogen and oxygen atoms in total. The lowest BCUT2D eigenvalue weighted by Crippen LogP contribution is -2.38. The molecule has 0 aliphatic carbocycles. The van der Waals surface area contributed by atoms with Gasteiger partial charge in [0.25, 0.3) is 0 Å². The number of nitrogens with zero attached hydrogens (tertiary/aromatic N) is 2. The zero-order chi connectivity index (χ0) is 12.1. The molecule has 0 bridgehead atoms. The number of pyridine rings is 1. The normalized spacial score (nSPS) is 13.1. The molecule has 1 N–H and O–H groups in total. The lowest BCUT2D eigenvalue weighted by Gasteiger charge is -2.30. The fraction of sp³-hybridized carbons (Fsp3) is 0.500. The molecule has 1 unspecified atom stereocenters. The molecule has 0 saturated heterocycles. The van der Waals surface area contributed by atoms with E-state index in [2.05, 4.69) is 4.98 Å². The number of aliphatic carboxylic acids is 1. The fourth-order valence-electron chi connectivity index (χ4n) is 1.72. The number of aromatic nitrogens is 1. The van der Waals surface area contributed by atoms with Gasteiger partial charge in [0.2, 0.25) is 0 Å². The van der Waals surface area contributed by atoms with Gasteiger partial charge < -0.3 is 5.11 Å². The smallest absolute Gasteiger partial charge is 0.317 e. The van der Waals surface area contributed by atoms with Gasteiger partial charge in [0.1, 0.15) is 0 Å². The predicted molar refractivity (Wildman–Crippen MR) is 62.1 cm³/mol. The second-order valence-electron chi connectivity index (χ2n) is 4.09. The third kappa shape index (κ3) is 3.31. The minimum Gasteiger partial charge on any atom is -0.480 e. The molecule has 0 radical (unpaired) electrons. The molecule has 0 saturated carbocycles. The molecule has 1 aromatic heterocycles. The highest BCUT2D eigenvalue weighted by molar-refractivity contribution is 5.69. The van der Waals surface area contributed by atoms with Crippen LogP contribution in [-0.4, -0.2) is 33.5 Å². The van der Waals surface area contributed by atoms with Crippen LogP contribution in [0.4, 0.5) is 0 Å². The van der Waals surface area contributed by atoms with E-state index < -0.39 is 5.97 Å². The molecular weight excluding hydrogens is 204 g/mol. The van der Waals surface area contributed by atoms with Crippen LogP contribution in [-0.2, 0) is 4.79 Å². The lowest BCUT2D eigenvalue weighted by atomic mass is 10.1. The summed E-state index contributed by atoms with van der Waals surface area (Å²) < 4.78 is 0. The van der Waals surface area contributed by atoms with E-state index >= 15 is 0 Å². The van der Waals surface area contributed by atoms with Crippen molar-refractivity contribution < 1.29 is 9.90 Å². The maximum Gasteiger partial charge on any atom is 0.317 e. The molecule has 88 valence electrons. The van der Waals surface area contributed by atoms with Crippen LogP contribution in [0.15, 0.2) is 24.4 Å². The predicted octanol–water partition coefficient (Wildman–Crippen LogP) is 1.94. The van der Waals surface area contributed by atoms with Gasteiger partial charge in [0.15, 0.2) is 0 Å². The maximum absolute atomic E-state index is 10.8. The highest BCUT2D eigenvalue weighted by atomic mass is 16.4. The van der Waals surface area contributed by atoms with Crippen LogP contribution in [0.1, 0.15) is 32.5 Å². The summed E-state index contributed by atoms with van der Waals surface area (Å²) >= 11 is 0. The standard InChI is InChI=1S/C12H18N2O2/c1-9(2)14(8-12(15)16)10(3)11-6-4-5-7-13-11/h4-7,9-10H,8H2,1-3H3,(H,15,16). The summed E-state index contributed by atoms with van der Waals surface area (Å²) in [6.07, 6.45) is 1.73. The van der Waals surface area contributed by atoms with Crippen molar-refractivity contribution in [3.05, 3.63) is 30.1 Å². The van der Waals surface area contributed by atoms with Crippen molar-refractivity contribution in [3.8, 4) is 0 Å². The summed E-state index contributed by atoms with van der Waals surface area (Å²) in [6.45, 7) is 5.99. The first-order valence-electron chi connectivity index (χ1n) is 5.41. The Kier molecular flexibility index (Phi) is 4.43. The Bertz CT molecular complexity index is 338. The van der Waals surface area contributed by atoms with Crippen molar-refractivity contribution in [2.45, 2.75) is 32.9 Å². The van der Waals surface area contributed by atoms with Crippen molar-refractivity contribution in [3.63, 3.8) is 0 Å². The van der Waals surface area contributed by atoms with Crippen LogP contribution in [0.2, 0.25) is 0 Å². The van der Waals surface area contributed by atoms with E-state index in [1.165, 1.54) is 0 Å². The maximum atomic E-state index is 10.8. The van der Waals surface area contributed by atoms with E-state index in [0.717, 1.165) is 5.69 Å². The Hall–Kier alpha value is -1.42. The average Bonchev–Trinajstić information content (AvgIpc) is 2.25. The van der Waals surface area contributed by atoms with Gasteiger partial charge in [-0.3, -0.25) is 14.7 Å². The first kappa shape index (κ1) is 12.6. The van der Waals surface area contributed by atoms with Crippen LogP contribution in [0.25, 0.3) is 0 Å². The summed E-state index contributed by atoms with van der Waals surface area (Å²) in [6, 6.07) is 5.87. The van der Waals surface area contributed by atoms with Gasteiger partial charge in [-0.15, -0.1) is 0 Å². The number of carbonyl (C=O) groups is 1. The molecule has 16 heavy (non-hydrogen) atoms. The fourth-order valence-corrected chi connectivity index (χ4v) is 1.72. The van der Waals surface area contributed by atoms with Crippen LogP contribution in [0, 0.1) is 0 Å². The number of carboxylic acids is 1. The summed E-state index contributed by atoms with van der Waals surface area (Å²) in [7, 11) is 0. The zero-order valence-electron chi connectivity index (χ0n) is 9.92. The highest BCUT2D eigenvalue weighted by Crippen LogP contribution is 2.19. The summed E-state index contributed by atoms with van der Waals surface area (Å²) in [5.41, 5.74) is 0.900. The third-order valence-corrected chi connectivity index (χ3v) is 2.59. The van der Waals surface area contributed by atoms with Gasteiger partial charge in [0.05, 0.1) is 18.3 Å². The Balaban J connectivity index is 2.83. The lowest BCUT2D eigenvalue weighted by molar-refractivity contribution is -0.139. The molecule has 1 aromatic rings. The van der Waals surface area contributed by atoms with E-state index in [0.29, 0.717) is 0 Å².